The van der Waals surface area contributed by atoms with Crippen molar-refractivity contribution in [2.75, 3.05) is 22.4 Å². The molecule has 134 valence electrons. The normalized spacial score (nSPS) is 11.2. The lowest BCUT2D eigenvalue weighted by Crippen LogP contribution is -2.33. The van der Waals surface area contributed by atoms with Crippen LogP contribution in [0.25, 0.3) is 0 Å². The van der Waals surface area contributed by atoms with E-state index in [2.05, 4.69) is 5.32 Å². The van der Waals surface area contributed by atoms with Gasteiger partial charge < -0.3 is 5.32 Å². The number of nitrogens with one attached hydrogen (secondary N) is 1. The van der Waals surface area contributed by atoms with Crippen LogP contribution >= 0.6 is 0 Å². The summed E-state index contributed by atoms with van der Waals surface area (Å²) in [4.78, 5) is 12.1. The van der Waals surface area contributed by atoms with E-state index < -0.39 is 15.8 Å². The fraction of sp³-hybridized carbons (Fsp3) is 0.278. The first-order valence-electron chi connectivity index (χ1n) is 7.76. The first-order valence-corrected chi connectivity index (χ1v) is 9.61. The Kier molecular flexibility index (Phi) is 5.79. The van der Waals surface area contributed by atoms with Crippen molar-refractivity contribution in [1.29, 1.82) is 0 Å². The number of amides is 1. The molecule has 0 aliphatic carbocycles. The Morgan fingerprint density at radius 2 is 1.76 bits per heavy atom. The predicted molar refractivity (Wildman–Crippen MR) is 97.8 cm³/mol. The Morgan fingerprint density at radius 3 is 2.32 bits per heavy atom. The van der Waals surface area contributed by atoms with Crippen LogP contribution in [0.5, 0.6) is 0 Å². The van der Waals surface area contributed by atoms with Crippen molar-refractivity contribution in [2.45, 2.75) is 20.3 Å². The summed E-state index contributed by atoms with van der Waals surface area (Å²) in [6, 6.07) is 11.0. The van der Waals surface area contributed by atoms with E-state index in [0.29, 0.717) is 11.4 Å². The molecule has 1 N–H and O–H groups in total. The Labute approximate surface area is 147 Å². The van der Waals surface area contributed by atoms with Crippen LogP contribution in [0.2, 0.25) is 0 Å². The number of anilines is 2. The molecule has 0 aromatic heterocycles. The van der Waals surface area contributed by atoms with Crippen LogP contribution in [0, 0.1) is 19.7 Å². The highest BCUT2D eigenvalue weighted by Crippen LogP contribution is 2.21. The number of rotatable bonds is 6. The van der Waals surface area contributed by atoms with E-state index in [0.717, 1.165) is 17.4 Å². The van der Waals surface area contributed by atoms with Crippen LogP contribution in [0.4, 0.5) is 15.8 Å². The molecule has 0 spiro atoms. The molecule has 5 nitrogen and oxygen atoms in total. The van der Waals surface area contributed by atoms with Crippen LogP contribution < -0.4 is 9.62 Å². The van der Waals surface area contributed by atoms with Gasteiger partial charge in [0.25, 0.3) is 0 Å². The van der Waals surface area contributed by atoms with Crippen molar-refractivity contribution >= 4 is 27.3 Å². The molecular formula is C18H21FN2O3S. The lowest BCUT2D eigenvalue weighted by Gasteiger charge is -2.23. The van der Waals surface area contributed by atoms with Crippen LogP contribution in [0.3, 0.4) is 0 Å². The molecule has 0 aliphatic heterocycles. The fourth-order valence-corrected chi connectivity index (χ4v) is 3.49. The standard InChI is InChI=1S/C18H21FN2O3S/c1-13-9-14(2)11-17(10-13)21(25(3,23)24)8-7-18(22)20-16-6-4-5-15(19)12-16/h4-6,9-12H,7-8H2,1-3H3,(H,20,22). The summed E-state index contributed by atoms with van der Waals surface area (Å²) in [5.74, 6) is -0.838. The maximum Gasteiger partial charge on any atom is 0.232 e. The highest BCUT2D eigenvalue weighted by Gasteiger charge is 2.19. The summed E-state index contributed by atoms with van der Waals surface area (Å²) in [7, 11) is -3.53. The van der Waals surface area contributed by atoms with E-state index in [9.17, 15) is 17.6 Å². The molecule has 0 heterocycles. The van der Waals surface area contributed by atoms with Crippen molar-refractivity contribution in [2.24, 2.45) is 0 Å². The number of hydrogen-bond donors (Lipinski definition) is 1. The van der Waals surface area contributed by atoms with Gasteiger partial charge in [0.05, 0.1) is 11.9 Å². The maximum absolute atomic E-state index is 13.1. The van der Waals surface area contributed by atoms with Crippen LogP contribution in [0.15, 0.2) is 42.5 Å². The van der Waals surface area contributed by atoms with Gasteiger partial charge in [-0.25, -0.2) is 12.8 Å². The van der Waals surface area contributed by atoms with E-state index >= 15 is 0 Å². The second-order valence-electron chi connectivity index (χ2n) is 5.99. The summed E-state index contributed by atoms with van der Waals surface area (Å²) in [5.41, 5.74) is 2.74. The monoisotopic (exact) mass is 364 g/mol. The number of sulfonamides is 1. The lowest BCUT2D eigenvalue weighted by atomic mass is 10.1. The second-order valence-corrected chi connectivity index (χ2v) is 7.90. The van der Waals surface area contributed by atoms with E-state index in [4.69, 9.17) is 0 Å². The molecule has 2 aromatic carbocycles. The second kappa shape index (κ2) is 7.65. The average Bonchev–Trinajstić information content (AvgIpc) is 2.44. The molecule has 25 heavy (non-hydrogen) atoms. The Balaban J connectivity index is 2.12. The molecule has 0 saturated carbocycles. The molecule has 2 rings (SSSR count). The van der Waals surface area contributed by atoms with Gasteiger partial charge in [-0.1, -0.05) is 12.1 Å². The molecule has 0 bridgehead atoms. The van der Waals surface area contributed by atoms with Gasteiger partial charge in [0.1, 0.15) is 5.82 Å². The van der Waals surface area contributed by atoms with Crippen LogP contribution in [-0.2, 0) is 14.8 Å². The van der Waals surface area contributed by atoms with Gasteiger partial charge >= 0.3 is 0 Å². The third-order valence-corrected chi connectivity index (χ3v) is 4.74. The van der Waals surface area contributed by atoms with Crippen LogP contribution in [-0.4, -0.2) is 27.1 Å². The molecule has 0 radical (unpaired) electrons. The minimum atomic E-state index is -3.53. The van der Waals surface area contributed by atoms with Gasteiger partial charge in [0.15, 0.2) is 0 Å². The molecule has 0 fully saturated rings. The maximum atomic E-state index is 13.1. The molecular weight excluding hydrogens is 343 g/mol. The molecule has 1 amide bonds. The zero-order chi connectivity index (χ0) is 18.6. The van der Waals surface area contributed by atoms with Crippen molar-refractivity contribution in [3.63, 3.8) is 0 Å². The number of aryl methyl sites for hydroxylation is 2. The Morgan fingerprint density at radius 1 is 1.12 bits per heavy atom. The predicted octanol–water partition coefficient (Wildman–Crippen LogP) is 3.24. The third-order valence-electron chi connectivity index (χ3n) is 3.55. The van der Waals surface area contributed by atoms with Gasteiger partial charge in [-0.05, 0) is 55.3 Å². The number of benzene rings is 2. The minimum absolute atomic E-state index is 0.00285. The average molecular weight is 364 g/mol. The van der Waals surface area contributed by atoms with Gasteiger partial charge in [0, 0.05) is 18.7 Å². The van der Waals surface area contributed by atoms with E-state index in [1.807, 2.05) is 19.9 Å². The summed E-state index contributed by atoms with van der Waals surface area (Å²) in [6.07, 6.45) is 1.06. The number of carbonyl (C=O) groups excluding carboxylic acids is 1. The molecule has 0 aliphatic rings. The van der Waals surface area contributed by atoms with E-state index in [1.165, 1.54) is 22.5 Å². The van der Waals surface area contributed by atoms with Crippen molar-refractivity contribution in [1.82, 2.24) is 0 Å². The quantitative estimate of drug-likeness (QED) is 0.856. The molecule has 2 aromatic rings. The van der Waals surface area contributed by atoms with Crippen LogP contribution in [0.1, 0.15) is 17.5 Å². The summed E-state index contributed by atoms with van der Waals surface area (Å²) < 4.78 is 38.6. The Hall–Kier alpha value is -2.41. The summed E-state index contributed by atoms with van der Waals surface area (Å²) in [6.45, 7) is 3.77. The third kappa shape index (κ3) is 5.56. The van der Waals surface area contributed by atoms with Crippen molar-refractivity contribution in [3.05, 3.63) is 59.4 Å². The molecule has 0 atom stereocenters. The van der Waals surface area contributed by atoms with Crippen molar-refractivity contribution in [3.8, 4) is 0 Å². The van der Waals surface area contributed by atoms with Gasteiger partial charge in [0.2, 0.25) is 15.9 Å². The van der Waals surface area contributed by atoms with Gasteiger partial charge in [-0.2, -0.15) is 0 Å². The zero-order valence-corrected chi connectivity index (χ0v) is 15.2. The SMILES string of the molecule is Cc1cc(C)cc(N(CCC(=O)Nc2cccc(F)c2)S(C)(=O)=O)c1. The lowest BCUT2D eigenvalue weighted by molar-refractivity contribution is -0.116. The summed E-state index contributed by atoms with van der Waals surface area (Å²) in [5, 5.41) is 2.56. The Bertz CT molecular complexity index is 861. The number of nitrogens with zero attached hydrogens (tertiary/aromatic N) is 1. The highest BCUT2D eigenvalue weighted by molar-refractivity contribution is 7.92. The molecule has 7 heteroatoms. The van der Waals surface area contributed by atoms with Crippen molar-refractivity contribution < 1.29 is 17.6 Å². The van der Waals surface area contributed by atoms with E-state index in [-0.39, 0.29) is 18.9 Å². The minimum Gasteiger partial charge on any atom is -0.326 e. The van der Waals surface area contributed by atoms with Gasteiger partial charge in [-0.3, -0.25) is 9.10 Å². The fourth-order valence-electron chi connectivity index (χ4n) is 2.57. The molecule has 0 unspecified atom stereocenters. The zero-order valence-electron chi connectivity index (χ0n) is 14.4. The van der Waals surface area contributed by atoms with Gasteiger partial charge in [-0.15, -0.1) is 0 Å². The van der Waals surface area contributed by atoms with E-state index in [1.54, 1.807) is 18.2 Å². The summed E-state index contributed by atoms with van der Waals surface area (Å²) >= 11 is 0. The first kappa shape index (κ1) is 18.9. The number of halogens is 1. The smallest absolute Gasteiger partial charge is 0.232 e. The topological polar surface area (TPSA) is 66.5 Å². The first-order chi connectivity index (χ1) is 11.6. The number of hydrogen-bond acceptors (Lipinski definition) is 3. The molecule has 0 saturated heterocycles. The number of carbonyl (C=O) groups is 1. The largest absolute Gasteiger partial charge is 0.326 e. The highest BCUT2D eigenvalue weighted by atomic mass is 32.2.